The van der Waals surface area contributed by atoms with E-state index in [2.05, 4.69) is 27.3 Å². The van der Waals surface area contributed by atoms with Gasteiger partial charge in [0.05, 0.1) is 12.0 Å². The van der Waals surface area contributed by atoms with E-state index in [-0.39, 0.29) is 11.7 Å². The molecule has 0 bridgehead atoms. The van der Waals surface area contributed by atoms with Crippen LogP contribution in [-0.2, 0) is 17.6 Å². The molecule has 8 heteroatoms. The summed E-state index contributed by atoms with van der Waals surface area (Å²) in [5.74, 6) is 0.542. The van der Waals surface area contributed by atoms with Crippen LogP contribution in [0.3, 0.4) is 0 Å². The highest BCUT2D eigenvalue weighted by molar-refractivity contribution is 7.19. The molecule has 0 aliphatic heterocycles. The molecule has 3 aromatic heterocycles. The third-order valence-electron chi connectivity index (χ3n) is 4.42. The highest BCUT2D eigenvalue weighted by Gasteiger charge is 2.24. The normalized spacial score (nSPS) is 17.3. The summed E-state index contributed by atoms with van der Waals surface area (Å²) in [5, 5.41) is 8.10. The molecule has 0 saturated carbocycles. The number of nitrogens with one attached hydrogen (secondary N) is 1. The van der Waals surface area contributed by atoms with Crippen LogP contribution in [0.2, 0.25) is 0 Å². The van der Waals surface area contributed by atoms with Gasteiger partial charge in [-0.1, -0.05) is 6.92 Å². The van der Waals surface area contributed by atoms with Gasteiger partial charge >= 0.3 is 0 Å². The smallest absolute Gasteiger partial charge is 0.291 e. The molecule has 126 valence electrons. The van der Waals surface area contributed by atoms with E-state index >= 15 is 0 Å². The fourth-order valence-electron chi connectivity index (χ4n) is 3.19. The van der Waals surface area contributed by atoms with Gasteiger partial charge in [-0.05, 0) is 30.7 Å². The monoisotopic (exact) mass is 345 g/mol. The summed E-state index contributed by atoms with van der Waals surface area (Å²) in [6.45, 7) is 3.17. The first kappa shape index (κ1) is 15.5. The van der Waals surface area contributed by atoms with Gasteiger partial charge in [0.2, 0.25) is 5.82 Å². The zero-order valence-corrected chi connectivity index (χ0v) is 14.5. The van der Waals surface area contributed by atoms with E-state index in [1.165, 1.54) is 16.9 Å². The molecule has 0 spiro atoms. The van der Waals surface area contributed by atoms with E-state index in [9.17, 15) is 4.79 Å². The Labute approximate surface area is 143 Å². The fraction of sp³-hybridized carbons (Fsp3) is 0.500. The van der Waals surface area contributed by atoms with Crippen LogP contribution in [0.5, 0.6) is 0 Å². The number of methoxy groups -OCH3 is 1. The minimum atomic E-state index is -0.290. The lowest BCUT2D eigenvalue weighted by Crippen LogP contribution is -2.27. The largest absolute Gasteiger partial charge is 0.383 e. The highest BCUT2D eigenvalue weighted by atomic mass is 32.1. The van der Waals surface area contributed by atoms with E-state index < -0.39 is 0 Å². The van der Waals surface area contributed by atoms with Crippen LogP contribution < -0.4 is 5.32 Å². The van der Waals surface area contributed by atoms with Crippen LogP contribution in [0.25, 0.3) is 15.9 Å². The van der Waals surface area contributed by atoms with Crippen molar-refractivity contribution in [2.24, 2.45) is 5.92 Å². The van der Waals surface area contributed by atoms with Crippen molar-refractivity contribution in [1.82, 2.24) is 24.9 Å². The average Bonchev–Trinajstić information content (AvgIpc) is 3.15. The number of nitrogens with zero attached hydrogens (tertiary/aromatic N) is 4. The lowest BCUT2D eigenvalue weighted by Gasteiger charge is -2.17. The van der Waals surface area contributed by atoms with Crippen molar-refractivity contribution in [2.75, 3.05) is 20.3 Å². The van der Waals surface area contributed by atoms with E-state index in [0.717, 1.165) is 28.7 Å². The third kappa shape index (κ3) is 2.55. The van der Waals surface area contributed by atoms with Crippen LogP contribution >= 0.6 is 11.3 Å². The number of aryl methyl sites for hydroxylation is 1. The number of hydrogen-bond acceptors (Lipinski definition) is 6. The van der Waals surface area contributed by atoms with Gasteiger partial charge < -0.3 is 10.1 Å². The molecule has 1 aliphatic carbocycles. The molecular weight excluding hydrogens is 326 g/mol. The lowest BCUT2D eigenvalue weighted by molar-refractivity contribution is 0.0927. The quantitative estimate of drug-likeness (QED) is 0.730. The van der Waals surface area contributed by atoms with Crippen molar-refractivity contribution in [3.8, 4) is 0 Å². The number of ether oxygens (including phenoxy) is 1. The SMILES string of the molecule is COCCNC(=O)c1nc2c3c4c(sc3ncn2n1)CCC(C)C4. The van der Waals surface area contributed by atoms with Gasteiger partial charge in [0.25, 0.3) is 5.91 Å². The zero-order valence-electron chi connectivity index (χ0n) is 13.7. The summed E-state index contributed by atoms with van der Waals surface area (Å²) in [5.41, 5.74) is 2.06. The molecule has 1 N–H and O–H groups in total. The predicted octanol–water partition coefficient (Wildman–Crippen LogP) is 1.84. The van der Waals surface area contributed by atoms with Crippen molar-refractivity contribution < 1.29 is 9.53 Å². The number of thiophene rings is 1. The first-order chi connectivity index (χ1) is 11.7. The minimum Gasteiger partial charge on any atom is -0.383 e. The summed E-state index contributed by atoms with van der Waals surface area (Å²) < 4.78 is 6.55. The van der Waals surface area contributed by atoms with Crippen molar-refractivity contribution in [1.29, 1.82) is 0 Å². The molecule has 3 aromatic rings. The van der Waals surface area contributed by atoms with Crippen molar-refractivity contribution in [3.63, 3.8) is 0 Å². The van der Waals surface area contributed by atoms with E-state index in [4.69, 9.17) is 4.74 Å². The Morgan fingerprint density at radius 3 is 3.25 bits per heavy atom. The summed E-state index contributed by atoms with van der Waals surface area (Å²) in [6, 6.07) is 0. The number of rotatable bonds is 4. The van der Waals surface area contributed by atoms with Gasteiger partial charge in [0, 0.05) is 18.5 Å². The molecule has 0 radical (unpaired) electrons. The van der Waals surface area contributed by atoms with Crippen LogP contribution in [0, 0.1) is 5.92 Å². The van der Waals surface area contributed by atoms with Crippen molar-refractivity contribution in [3.05, 3.63) is 22.6 Å². The Morgan fingerprint density at radius 1 is 1.54 bits per heavy atom. The number of carbonyl (C=O) groups excluding carboxylic acids is 1. The number of aromatic nitrogens is 4. The second-order valence-corrected chi connectivity index (χ2v) is 7.31. The van der Waals surface area contributed by atoms with Crippen LogP contribution in [0.15, 0.2) is 6.33 Å². The fourth-order valence-corrected chi connectivity index (χ4v) is 4.37. The van der Waals surface area contributed by atoms with Gasteiger partial charge in [-0.15, -0.1) is 16.4 Å². The molecule has 1 unspecified atom stereocenters. The molecular formula is C16H19N5O2S. The molecule has 3 heterocycles. The lowest BCUT2D eigenvalue weighted by atomic mass is 9.89. The second kappa shape index (κ2) is 6.10. The van der Waals surface area contributed by atoms with Crippen molar-refractivity contribution >= 4 is 33.1 Å². The molecule has 1 aliphatic rings. The first-order valence-electron chi connectivity index (χ1n) is 8.10. The standard InChI is InChI=1S/C16H19N5O2S/c1-9-3-4-11-10(7-9)12-14-19-13(15(22)17-5-6-23-2)20-21(14)8-18-16(12)24-11/h8-9H,3-7H2,1-2H3,(H,17,22). The Bertz CT molecular complexity index is 916. The molecule has 24 heavy (non-hydrogen) atoms. The van der Waals surface area contributed by atoms with Gasteiger partial charge in [-0.25, -0.2) is 14.5 Å². The maximum atomic E-state index is 12.2. The minimum absolute atomic E-state index is 0.171. The Morgan fingerprint density at radius 2 is 2.42 bits per heavy atom. The highest BCUT2D eigenvalue weighted by Crippen LogP contribution is 2.38. The molecule has 1 amide bonds. The predicted molar refractivity (Wildman–Crippen MR) is 91.6 cm³/mol. The van der Waals surface area contributed by atoms with E-state index in [0.29, 0.717) is 19.1 Å². The maximum Gasteiger partial charge on any atom is 0.291 e. The van der Waals surface area contributed by atoms with E-state index in [1.807, 2.05) is 0 Å². The van der Waals surface area contributed by atoms with Crippen LogP contribution in [0.4, 0.5) is 0 Å². The Hall–Kier alpha value is -2.06. The number of amides is 1. The summed E-state index contributed by atoms with van der Waals surface area (Å²) in [4.78, 5) is 23.6. The summed E-state index contributed by atoms with van der Waals surface area (Å²) >= 11 is 1.74. The van der Waals surface area contributed by atoms with Gasteiger partial charge in [-0.3, -0.25) is 4.79 Å². The van der Waals surface area contributed by atoms with Gasteiger partial charge in [0.1, 0.15) is 11.2 Å². The third-order valence-corrected chi connectivity index (χ3v) is 5.62. The van der Waals surface area contributed by atoms with Gasteiger partial charge in [-0.2, -0.15) is 0 Å². The summed E-state index contributed by atoms with van der Waals surface area (Å²) in [6.07, 6.45) is 5.00. The Balaban J connectivity index is 1.77. The summed E-state index contributed by atoms with van der Waals surface area (Å²) in [7, 11) is 1.60. The first-order valence-corrected chi connectivity index (χ1v) is 8.91. The Kier molecular flexibility index (Phi) is 3.93. The molecule has 4 rings (SSSR count). The number of carbonyl (C=O) groups is 1. The topological polar surface area (TPSA) is 81.4 Å². The average molecular weight is 345 g/mol. The number of hydrogen-bond donors (Lipinski definition) is 1. The van der Waals surface area contributed by atoms with Crippen LogP contribution in [0.1, 0.15) is 34.4 Å². The zero-order chi connectivity index (χ0) is 16.7. The molecule has 0 fully saturated rings. The van der Waals surface area contributed by atoms with E-state index in [1.54, 1.807) is 29.3 Å². The number of fused-ring (bicyclic) bond motifs is 5. The molecule has 1 atom stereocenters. The maximum absolute atomic E-state index is 12.2. The van der Waals surface area contributed by atoms with Gasteiger partial charge in [0.15, 0.2) is 5.65 Å². The molecule has 0 aromatic carbocycles. The second-order valence-electron chi connectivity index (χ2n) is 6.23. The van der Waals surface area contributed by atoms with Crippen molar-refractivity contribution in [2.45, 2.75) is 26.2 Å². The molecule has 7 nitrogen and oxygen atoms in total. The molecule has 0 saturated heterocycles. The van der Waals surface area contributed by atoms with Crippen LogP contribution in [-0.4, -0.2) is 45.8 Å².